The fourth-order valence-corrected chi connectivity index (χ4v) is 2.65. The summed E-state index contributed by atoms with van der Waals surface area (Å²) in [5.74, 6) is 0.0604. The maximum atomic E-state index is 12.2. The van der Waals surface area contributed by atoms with E-state index < -0.39 is 0 Å². The average Bonchev–Trinajstić information content (AvgIpc) is 3.02. The van der Waals surface area contributed by atoms with Crippen LogP contribution in [-0.2, 0) is 6.42 Å². The fourth-order valence-electron chi connectivity index (χ4n) is 2.65. The molecule has 0 atom stereocenters. The molecule has 2 aromatic carbocycles. The van der Waals surface area contributed by atoms with Crippen molar-refractivity contribution < 1.29 is 4.79 Å². The minimum atomic E-state index is 0.0604. The quantitative estimate of drug-likeness (QED) is 0.409. The van der Waals surface area contributed by atoms with Gasteiger partial charge in [0, 0.05) is 41.0 Å². The monoisotopic (exact) mass is 304 g/mol. The summed E-state index contributed by atoms with van der Waals surface area (Å²) in [6.07, 6.45) is 4.77. The van der Waals surface area contributed by atoms with Gasteiger partial charge in [0.05, 0.1) is 0 Å². The van der Waals surface area contributed by atoms with E-state index >= 15 is 0 Å². The zero-order chi connectivity index (χ0) is 16.1. The van der Waals surface area contributed by atoms with Gasteiger partial charge in [0.25, 0.3) is 0 Å². The van der Waals surface area contributed by atoms with Crippen LogP contribution < -0.4 is 5.32 Å². The first-order valence-electron chi connectivity index (χ1n) is 7.80. The van der Waals surface area contributed by atoms with E-state index in [0.717, 1.165) is 29.6 Å². The highest BCUT2D eigenvalue weighted by Gasteiger charge is 2.07. The molecule has 0 spiro atoms. The third kappa shape index (κ3) is 3.51. The van der Waals surface area contributed by atoms with Crippen molar-refractivity contribution in [3.05, 3.63) is 83.7 Å². The number of para-hydroxylation sites is 1. The van der Waals surface area contributed by atoms with Crippen LogP contribution >= 0.6 is 0 Å². The Morgan fingerprint density at radius 2 is 1.83 bits per heavy atom. The molecule has 2 N–H and O–H groups in total. The van der Waals surface area contributed by atoms with Crippen LogP contribution in [0.4, 0.5) is 0 Å². The third-order valence-corrected chi connectivity index (χ3v) is 3.93. The van der Waals surface area contributed by atoms with Gasteiger partial charge in [0.2, 0.25) is 0 Å². The highest BCUT2D eigenvalue weighted by Crippen LogP contribution is 2.17. The molecule has 3 aromatic rings. The molecule has 0 saturated heterocycles. The molecule has 3 rings (SSSR count). The van der Waals surface area contributed by atoms with Crippen LogP contribution in [0.15, 0.2) is 72.6 Å². The summed E-state index contributed by atoms with van der Waals surface area (Å²) in [6, 6.07) is 17.6. The van der Waals surface area contributed by atoms with Crippen molar-refractivity contribution in [1.82, 2.24) is 10.3 Å². The van der Waals surface area contributed by atoms with E-state index in [-0.39, 0.29) is 5.78 Å². The molecule has 1 heterocycles. The van der Waals surface area contributed by atoms with Crippen molar-refractivity contribution in [2.45, 2.75) is 13.3 Å². The van der Waals surface area contributed by atoms with E-state index in [1.807, 2.05) is 49.5 Å². The van der Waals surface area contributed by atoms with E-state index in [9.17, 15) is 4.79 Å². The second-order valence-corrected chi connectivity index (χ2v) is 5.59. The number of H-pyrrole nitrogens is 1. The number of aromatic nitrogens is 1. The van der Waals surface area contributed by atoms with E-state index in [1.165, 1.54) is 10.9 Å². The lowest BCUT2D eigenvalue weighted by atomic mass is 10.1. The summed E-state index contributed by atoms with van der Waals surface area (Å²) in [7, 11) is 0. The number of nitrogens with one attached hydrogen (secondary N) is 2. The van der Waals surface area contributed by atoms with E-state index in [1.54, 1.807) is 0 Å². The standard InChI is InChI=1S/C20H20N2O/c1-15(20(23)16-7-3-2-4-8-16)13-21-12-11-17-14-22-19-10-6-5-9-18(17)19/h2-10,13-14,21-22H,11-12H2,1H3/b15-13+. The largest absolute Gasteiger partial charge is 0.390 e. The summed E-state index contributed by atoms with van der Waals surface area (Å²) in [5.41, 5.74) is 3.89. The number of carbonyl (C=O) groups excluding carboxylic acids is 1. The number of aromatic amines is 1. The topological polar surface area (TPSA) is 44.9 Å². The van der Waals surface area contributed by atoms with Crippen LogP contribution in [-0.4, -0.2) is 17.3 Å². The van der Waals surface area contributed by atoms with Crippen LogP contribution in [0.3, 0.4) is 0 Å². The van der Waals surface area contributed by atoms with Gasteiger partial charge in [0.1, 0.15) is 0 Å². The summed E-state index contributed by atoms with van der Waals surface area (Å²) in [5, 5.41) is 4.50. The molecule has 0 radical (unpaired) electrons. The first kappa shape index (κ1) is 15.1. The zero-order valence-electron chi connectivity index (χ0n) is 13.2. The predicted molar refractivity (Wildman–Crippen MR) is 94.5 cm³/mol. The third-order valence-electron chi connectivity index (χ3n) is 3.93. The zero-order valence-corrected chi connectivity index (χ0v) is 13.2. The lowest BCUT2D eigenvalue weighted by Crippen LogP contribution is -2.12. The summed E-state index contributed by atoms with van der Waals surface area (Å²) >= 11 is 0. The van der Waals surface area contributed by atoms with Crippen molar-refractivity contribution in [3.8, 4) is 0 Å². The van der Waals surface area contributed by atoms with Gasteiger partial charge in [-0.15, -0.1) is 0 Å². The number of hydrogen-bond donors (Lipinski definition) is 2. The van der Waals surface area contributed by atoms with Crippen LogP contribution in [0, 0.1) is 0 Å². The smallest absolute Gasteiger partial charge is 0.190 e. The maximum Gasteiger partial charge on any atom is 0.190 e. The van der Waals surface area contributed by atoms with Gasteiger partial charge >= 0.3 is 0 Å². The first-order chi connectivity index (χ1) is 11.3. The molecule has 23 heavy (non-hydrogen) atoms. The average molecular weight is 304 g/mol. The lowest BCUT2D eigenvalue weighted by molar-refractivity contribution is 0.103. The Hall–Kier alpha value is -2.81. The van der Waals surface area contributed by atoms with E-state index in [0.29, 0.717) is 0 Å². The maximum absolute atomic E-state index is 12.2. The Labute approximate surface area is 136 Å². The van der Waals surface area contributed by atoms with Gasteiger partial charge in [-0.25, -0.2) is 0 Å². The van der Waals surface area contributed by atoms with Crippen LogP contribution in [0.2, 0.25) is 0 Å². The Kier molecular flexibility index (Phi) is 4.57. The number of ketones is 1. The van der Waals surface area contributed by atoms with Crippen LogP contribution in [0.5, 0.6) is 0 Å². The summed E-state index contributed by atoms with van der Waals surface area (Å²) in [4.78, 5) is 15.5. The number of carbonyl (C=O) groups is 1. The number of allylic oxidation sites excluding steroid dienone is 1. The lowest BCUT2D eigenvalue weighted by Gasteiger charge is -2.04. The van der Waals surface area contributed by atoms with Gasteiger partial charge in [-0.05, 0) is 25.0 Å². The number of rotatable bonds is 6. The normalized spacial score (nSPS) is 11.6. The molecule has 0 aliphatic carbocycles. The Bertz CT molecular complexity index is 831. The van der Waals surface area contributed by atoms with E-state index in [4.69, 9.17) is 0 Å². The van der Waals surface area contributed by atoms with Crippen molar-refractivity contribution in [2.24, 2.45) is 0 Å². The minimum absolute atomic E-state index is 0.0604. The van der Waals surface area contributed by atoms with E-state index in [2.05, 4.69) is 34.7 Å². The van der Waals surface area contributed by atoms with Crippen molar-refractivity contribution in [2.75, 3.05) is 6.54 Å². The van der Waals surface area contributed by atoms with Gasteiger partial charge in [-0.3, -0.25) is 4.79 Å². The summed E-state index contributed by atoms with van der Waals surface area (Å²) < 4.78 is 0. The molecule has 0 amide bonds. The Morgan fingerprint density at radius 3 is 2.65 bits per heavy atom. The second-order valence-electron chi connectivity index (χ2n) is 5.59. The fraction of sp³-hybridized carbons (Fsp3) is 0.150. The molecule has 3 nitrogen and oxygen atoms in total. The molecule has 3 heteroatoms. The number of benzene rings is 2. The molecular weight excluding hydrogens is 284 g/mol. The minimum Gasteiger partial charge on any atom is -0.390 e. The number of Topliss-reactive ketones (excluding diaryl/α,β-unsaturated/α-hetero) is 1. The molecule has 0 unspecified atom stereocenters. The number of fused-ring (bicyclic) bond motifs is 1. The SMILES string of the molecule is C/C(=C\NCCc1c[nH]c2ccccc12)C(=O)c1ccccc1. The van der Waals surface area contributed by atoms with Gasteiger partial charge < -0.3 is 10.3 Å². The highest BCUT2D eigenvalue weighted by atomic mass is 16.1. The van der Waals surface area contributed by atoms with Gasteiger partial charge in [0.15, 0.2) is 5.78 Å². The molecule has 0 aliphatic heterocycles. The molecular formula is C20H20N2O. The van der Waals surface area contributed by atoms with Crippen LogP contribution in [0.1, 0.15) is 22.8 Å². The summed E-state index contributed by atoms with van der Waals surface area (Å²) in [6.45, 7) is 2.63. The van der Waals surface area contributed by atoms with Crippen molar-refractivity contribution in [3.63, 3.8) is 0 Å². The Balaban J connectivity index is 1.57. The van der Waals surface area contributed by atoms with Gasteiger partial charge in [-0.1, -0.05) is 48.5 Å². The Morgan fingerprint density at radius 1 is 1.09 bits per heavy atom. The molecule has 0 saturated carbocycles. The molecule has 116 valence electrons. The number of hydrogen-bond acceptors (Lipinski definition) is 2. The van der Waals surface area contributed by atoms with Crippen molar-refractivity contribution in [1.29, 1.82) is 0 Å². The van der Waals surface area contributed by atoms with Gasteiger partial charge in [-0.2, -0.15) is 0 Å². The first-order valence-corrected chi connectivity index (χ1v) is 7.80. The predicted octanol–water partition coefficient (Wildman–Crippen LogP) is 4.09. The van der Waals surface area contributed by atoms with Crippen LogP contribution in [0.25, 0.3) is 10.9 Å². The molecule has 0 bridgehead atoms. The van der Waals surface area contributed by atoms with Crippen molar-refractivity contribution >= 4 is 16.7 Å². The molecule has 0 fully saturated rings. The molecule has 1 aromatic heterocycles. The second kappa shape index (κ2) is 6.97. The molecule has 0 aliphatic rings. The highest BCUT2D eigenvalue weighted by molar-refractivity contribution is 6.08.